The Morgan fingerprint density at radius 3 is 2.47 bits per heavy atom. The number of nitrogens with zero attached hydrogens (tertiary/aromatic N) is 2. The van der Waals surface area contributed by atoms with Crippen molar-refractivity contribution in [3.8, 4) is 0 Å². The zero-order valence-electron chi connectivity index (χ0n) is 13.8. The van der Waals surface area contributed by atoms with Gasteiger partial charge in [0.2, 0.25) is 0 Å². The number of likely N-dealkylation sites (tertiary alicyclic amines) is 1. The molecule has 1 N–H and O–H groups in total. The predicted octanol–water partition coefficient (Wildman–Crippen LogP) is 2.43. The molecule has 3 heteroatoms. The third kappa shape index (κ3) is 6.73. The highest BCUT2D eigenvalue weighted by atomic mass is 15.2. The number of hydrogen-bond acceptors (Lipinski definition) is 3. The first-order valence-electron chi connectivity index (χ1n) is 8.15. The molecule has 0 aromatic carbocycles. The number of likely N-dealkylation sites (N-methyl/N-ethyl adjacent to an activating group) is 1. The summed E-state index contributed by atoms with van der Waals surface area (Å²) in [5.74, 6) is 0.900. The van der Waals surface area contributed by atoms with E-state index in [0.29, 0.717) is 12.1 Å². The minimum atomic E-state index is 0.638. The summed E-state index contributed by atoms with van der Waals surface area (Å²) < 4.78 is 0. The highest BCUT2D eigenvalue weighted by Gasteiger charge is 2.20. The third-order valence-corrected chi connectivity index (χ3v) is 4.62. The predicted molar refractivity (Wildman–Crippen MR) is 84.7 cm³/mol. The maximum absolute atomic E-state index is 3.66. The first-order valence-corrected chi connectivity index (χ1v) is 8.15. The molecule has 1 rings (SSSR count). The zero-order chi connectivity index (χ0) is 14.3. The Morgan fingerprint density at radius 2 is 1.89 bits per heavy atom. The van der Waals surface area contributed by atoms with Gasteiger partial charge in [0.05, 0.1) is 0 Å². The lowest BCUT2D eigenvalue weighted by atomic mass is 9.96. The van der Waals surface area contributed by atoms with E-state index in [-0.39, 0.29) is 0 Å². The van der Waals surface area contributed by atoms with Crippen LogP contribution < -0.4 is 5.32 Å². The van der Waals surface area contributed by atoms with Gasteiger partial charge in [-0.25, -0.2) is 0 Å². The molecule has 2 atom stereocenters. The second-order valence-corrected chi connectivity index (χ2v) is 6.63. The molecule has 19 heavy (non-hydrogen) atoms. The van der Waals surface area contributed by atoms with E-state index in [9.17, 15) is 0 Å². The van der Waals surface area contributed by atoms with Gasteiger partial charge in [0, 0.05) is 25.2 Å². The summed E-state index contributed by atoms with van der Waals surface area (Å²) in [4.78, 5) is 5.00. The number of piperidine rings is 1. The second kappa shape index (κ2) is 8.93. The van der Waals surface area contributed by atoms with Crippen LogP contribution >= 0.6 is 0 Å². The molecule has 1 aliphatic rings. The van der Waals surface area contributed by atoms with Gasteiger partial charge in [0.1, 0.15) is 0 Å². The van der Waals surface area contributed by atoms with Crippen molar-refractivity contribution in [2.45, 2.75) is 58.5 Å². The van der Waals surface area contributed by atoms with E-state index >= 15 is 0 Å². The Labute approximate surface area is 120 Å². The van der Waals surface area contributed by atoms with Crippen LogP contribution in [0.15, 0.2) is 0 Å². The highest BCUT2D eigenvalue weighted by Crippen LogP contribution is 2.17. The quantitative estimate of drug-likeness (QED) is 0.730. The molecule has 0 aromatic heterocycles. The fourth-order valence-electron chi connectivity index (χ4n) is 2.89. The van der Waals surface area contributed by atoms with Crippen molar-refractivity contribution >= 4 is 0 Å². The molecule has 1 fully saturated rings. The number of hydrogen-bond donors (Lipinski definition) is 1. The molecule has 0 amide bonds. The Morgan fingerprint density at radius 1 is 1.26 bits per heavy atom. The van der Waals surface area contributed by atoms with Crippen molar-refractivity contribution in [1.82, 2.24) is 15.1 Å². The smallest absolute Gasteiger partial charge is 0.0189 e. The Bertz CT molecular complexity index is 224. The van der Waals surface area contributed by atoms with E-state index in [4.69, 9.17) is 0 Å². The summed E-state index contributed by atoms with van der Waals surface area (Å²) in [6.45, 7) is 11.8. The molecular formula is C16H35N3. The van der Waals surface area contributed by atoms with Crippen molar-refractivity contribution < 1.29 is 0 Å². The summed E-state index contributed by atoms with van der Waals surface area (Å²) in [6, 6.07) is 1.29. The van der Waals surface area contributed by atoms with Crippen molar-refractivity contribution in [2.24, 2.45) is 5.92 Å². The maximum atomic E-state index is 3.66. The summed E-state index contributed by atoms with van der Waals surface area (Å²) in [5.41, 5.74) is 0. The van der Waals surface area contributed by atoms with Crippen LogP contribution in [0.1, 0.15) is 46.5 Å². The van der Waals surface area contributed by atoms with E-state index in [2.05, 4.69) is 50.0 Å². The standard InChI is InChI=1S/C16H35N3/c1-6-7-14(2)17-12-15(3)19(5)13-16-8-10-18(4)11-9-16/h14-17H,6-13H2,1-5H3. The van der Waals surface area contributed by atoms with Crippen LogP contribution in [0.25, 0.3) is 0 Å². The normalized spacial score (nSPS) is 21.8. The van der Waals surface area contributed by atoms with E-state index < -0.39 is 0 Å². The molecule has 0 spiro atoms. The van der Waals surface area contributed by atoms with E-state index in [1.54, 1.807) is 0 Å². The van der Waals surface area contributed by atoms with Gasteiger partial charge in [-0.15, -0.1) is 0 Å². The average molecular weight is 269 g/mol. The first-order chi connectivity index (χ1) is 9.02. The fourth-order valence-corrected chi connectivity index (χ4v) is 2.89. The summed E-state index contributed by atoms with van der Waals surface area (Å²) in [5, 5.41) is 3.66. The van der Waals surface area contributed by atoms with Crippen LogP contribution in [0.5, 0.6) is 0 Å². The topological polar surface area (TPSA) is 18.5 Å². The Balaban J connectivity index is 2.19. The van der Waals surface area contributed by atoms with Gasteiger partial charge in [0.15, 0.2) is 0 Å². The van der Waals surface area contributed by atoms with Crippen molar-refractivity contribution in [1.29, 1.82) is 0 Å². The van der Waals surface area contributed by atoms with Gasteiger partial charge < -0.3 is 15.1 Å². The Kier molecular flexibility index (Phi) is 7.96. The van der Waals surface area contributed by atoms with Gasteiger partial charge in [-0.05, 0) is 66.2 Å². The number of nitrogens with one attached hydrogen (secondary N) is 1. The maximum Gasteiger partial charge on any atom is 0.0189 e. The van der Waals surface area contributed by atoms with Gasteiger partial charge in [-0.2, -0.15) is 0 Å². The van der Waals surface area contributed by atoms with Crippen LogP contribution in [0.4, 0.5) is 0 Å². The second-order valence-electron chi connectivity index (χ2n) is 6.63. The van der Waals surface area contributed by atoms with Gasteiger partial charge in [-0.1, -0.05) is 13.3 Å². The largest absolute Gasteiger partial charge is 0.313 e. The minimum absolute atomic E-state index is 0.638. The zero-order valence-corrected chi connectivity index (χ0v) is 13.8. The average Bonchev–Trinajstić information content (AvgIpc) is 2.39. The van der Waals surface area contributed by atoms with Crippen molar-refractivity contribution in [3.05, 3.63) is 0 Å². The summed E-state index contributed by atoms with van der Waals surface area (Å²) in [7, 11) is 4.52. The molecule has 3 nitrogen and oxygen atoms in total. The lowest BCUT2D eigenvalue weighted by molar-refractivity contribution is 0.152. The highest BCUT2D eigenvalue weighted by molar-refractivity contribution is 4.76. The molecule has 0 aliphatic carbocycles. The van der Waals surface area contributed by atoms with Crippen molar-refractivity contribution in [3.63, 3.8) is 0 Å². The SMILES string of the molecule is CCCC(C)NCC(C)N(C)CC1CCN(C)CC1. The van der Waals surface area contributed by atoms with E-state index in [1.165, 1.54) is 45.3 Å². The van der Waals surface area contributed by atoms with Crippen LogP contribution in [-0.4, -0.2) is 62.2 Å². The Hall–Kier alpha value is -0.120. The molecule has 1 saturated heterocycles. The molecule has 1 aliphatic heterocycles. The van der Waals surface area contributed by atoms with Crippen LogP contribution in [0.2, 0.25) is 0 Å². The molecular weight excluding hydrogens is 234 g/mol. The van der Waals surface area contributed by atoms with Crippen molar-refractivity contribution in [2.75, 3.05) is 40.3 Å². The summed E-state index contributed by atoms with van der Waals surface area (Å²) >= 11 is 0. The van der Waals surface area contributed by atoms with Crippen LogP contribution in [-0.2, 0) is 0 Å². The molecule has 1 heterocycles. The first kappa shape index (κ1) is 16.9. The van der Waals surface area contributed by atoms with E-state index in [1.807, 2.05) is 0 Å². The molecule has 0 bridgehead atoms. The third-order valence-electron chi connectivity index (χ3n) is 4.62. The lowest BCUT2D eigenvalue weighted by Gasteiger charge is -2.34. The molecule has 0 saturated carbocycles. The van der Waals surface area contributed by atoms with Gasteiger partial charge in [-0.3, -0.25) is 0 Å². The summed E-state index contributed by atoms with van der Waals surface area (Å²) in [6.07, 6.45) is 5.29. The molecule has 0 radical (unpaired) electrons. The molecule has 2 unspecified atom stereocenters. The lowest BCUT2D eigenvalue weighted by Crippen LogP contribution is -2.44. The van der Waals surface area contributed by atoms with Crippen LogP contribution in [0, 0.1) is 5.92 Å². The monoisotopic (exact) mass is 269 g/mol. The van der Waals surface area contributed by atoms with Gasteiger partial charge >= 0.3 is 0 Å². The fraction of sp³-hybridized carbons (Fsp3) is 1.00. The van der Waals surface area contributed by atoms with Gasteiger partial charge in [0.25, 0.3) is 0 Å². The van der Waals surface area contributed by atoms with Crippen LogP contribution in [0.3, 0.4) is 0 Å². The van der Waals surface area contributed by atoms with E-state index in [0.717, 1.165) is 12.5 Å². The minimum Gasteiger partial charge on any atom is -0.313 e. The molecule has 114 valence electrons. The molecule has 0 aromatic rings. The number of rotatable bonds is 8.